The summed E-state index contributed by atoms with van der Waals surface area (Å²) in [5.41, 5.74) is 1.46. The summed E-state index contributed by atoms with van der Waals surface area (Å²) in [7, 11) is 3.09. The van der Waals surface area contributed by atoms with Gasteiger partial charge < -0.3 is 18.9 Å². The van der Waals surface area contributed by atoms with E-state index in [1.54, 1.807) is 17.7 Å². The van der Waals surface area contributed by atoms with Gasteiger partial charge in [-0.15, -0.1) is 0 Å². The molecule has 1 aromatic heterocycles. The van der Waals surface area contributed by atoms with Crippen molar-refractivity contribution in [1.82, 2.24) is 9.47 Å². The molecule has 0 N–H and O–H groups in total. The number of esters is 2. The Kier molecular flexibility index (Phi) is 6.08. The van der Waals surface area contributed by atoms with E-state index in [4.69, 9.17) is 4.74 Å². The fourth-order valence-corrected chi connectivity index (χ4v) is 3.16. The summed E-state index contributed by atoms with van der Waals surface area (Å²) in [4.78, 5) is 36.7. The van der Waals surface area contributed by atoms with Gasteiger partial charge in [-0.25, -0.2) is 9.59 Å². The second kappa shape index (κ2) is 8.05. The highest BCUT2D eigenvalue weighted by Gasteiger charge is 2.27. The molecule has 1 saturated heterocycles. The van der Waals surface area contributed by atoms with Gasteiger partial charge in [0.15, 0.2) is 0 Å². The molecule has 0 spiro atoms. The maximum absolute atomic E-state index is 12.0. The molecule has 0 aromatic carbocycles. The van der Waals surface area contributed by atoms with Crippen molar-refractivity contribution >= 4 is 29.6 Å². The molecular weight excluding hydrogens is 332 g/mol. The first-order valence-corrected chi connectivity index (χ1v) is 8.45. The Hall–Kier alpha value is -2.22. The number of aryl methyl sites for hydroxylation is 1. The Morgan fingerprint density at radius 1 is 1.38 bits per heavy atom. The summed E-state index contributed by atoms with van der Waals surface area (Å²) in [5, 5.41) is 0.566. The molecule has 2 rings (SSSR count). The summed E-state index contributed by atoms with van der Waals surface area (Å²) in [6.07, 6.45) is 1.79. The number of hydrogen-bond acceptors (Lipinski definition) is 6. The van der Waals surface area contributed by atoms with E-state index in [-0.39, 0.29) is 12.5 Å². The minimum absolute atomic E-state index is 0.0699. The van der Waals surface area contributed by atoms with Gasteiger partial charge in [-0.2, -0.15) is 0 Å². The van der Waals surface area contributed by atoms with Gasteiger partial charge in [0.05, 0.1) is 30.6 Å². The molecule has 0 atom stereocenters. The van der Waals surface area contributed by atoms with Crippen LogP contribution in [0.5, 0.6) is 0 Å². The van der Waals surface area contributed by atoms with Crippen LogP contribution in [0.3, 0.4) is 0 Å². The summed E-state index contributed by atoms with van der Waals surface area (Å²) in [6, 6.07) is 3.57. The molecule has 24 heavy (non-hydrogen) atoms. The van der Waals surface area contributed by atoms with Gasteiger partial charge in [0.2, 0.25) is 5.91 Å². The monoisotopic (exact) mass is 352 g/mol. The average molecular weight is 352 g/mol. The molecule has 8 heteroatoms. The first kappa shape index (κ1) is 18.1. The van der Waals surface area contributed by atoms with Gasteiger partial charge in [0.1, 0.15) is 5.69 Å². The van der Waals surface area contributed by atoms with E-state index in [0.29, 0.717) is 29.4 Å². The van der Waals surface area contributed by atoms with E-state index in [9.17, 15) is 14.4 Å². The molecule has 1 amide bonds. The number of carbonyl (C=O) groups is 3. The summed E-state index contributed by atoms with van der Waals surface area (Å²) >= 11 is 1.29. The van der Waals surface area contributed by atoms with Crippen LogP contribution in [0.4, 0.5) is 0 Å². The molecule has 0 saturated carbocycles. The van der Waals surface area contributed by atoms with Crippen molar-refractivity contribution in [2.75, 3.05) is 26.0 Å². The van der Waals surface area contributed by atoms with Gasteiger partial charge in [-0.3, -0.25) is 4.79 Å². The smallest absolute Gasteiger partial charge is 0.354 e. The molecule has 1 aliphatic rings. The largest absolute Gasteiger partial charge is 0.466 e. The third kappa shape index (κ3) is 4.19. The number of hydrogen-bond donors (Lipinski definition) is 0. The molecule has 1 fully saturated rings. The number of carbonyl (C=O) groups excluding carboxylic acids is 3. The van der Waals surface area contributed by atoms with Crippen LogP contribution in [0.1, 0.15) is 22.6 Å². The Morgan fingerprint density at radius 2 is 2.12 bits per heavy atom. The van der Waals surface area contributed by atoms with Crippen LogP contribution in [0, 0.1) is 6.92 Å². The quantitative estimate of drug-likeness (QED) is 0.438. The second-order valence-corrected chi connectivity index (χ2v) is 6.24. The third-order valence-electron chi connectivity index (χ3n) is 3.69. The summed E-state index contributed by atoms with van der Waals surface area (Å²) in [6.45, 7) is 2.49. The first-order valence-electron chi connectivity index (χ1n) is 7.46. The lowest BCUT2D eigenvalue weighted by Crippen LogP contribution is -2.27. The molecule has 0 unspecified atom stereocenters. The lowest BCUT2D eigenvalue weighted by Gasteiger charge is -2.16. The van der Waals surface area contributed by atoms with Crippen LogP contribution >= 0.6 is 11.8 Å². The highest BCUT2D eigenvalue weighted by molar-refractivity contribution is 8.04. The lowest BCUT2D eigenvalue weighted by molar-refractivity contribution is -0.134. The van der Waals surface area contributed by atoms with E-state index < -0.39 is 11.9 Å². The minimum atomic E-state index is -0.497. The molecular formula is C16H20N2O5S. The Bertz CT molecular complexity index is 680. The van der Waals surface area contributed by atoms with E-state index >= 15 is 0 Å². The molecule has 1 aromatic rings. The van der Waals surface area contributed by atoms with Crippen LogP contribution in [0.25, 0.3) is 0 Å². The van der Waals surface area contributed by atoms with E-state index in [0.717, 1.165) is 5.69 Å². The topological polar surface area (TPSA) is 77.8 Å². The number of rotatable bonds is 6. The average Bonchev–Trinajstić information content (AvgIpc) is 3.07. The highest BCUT2D eigenvalue weighted by atomic mass is 32.2. The normalized spacial score (nSPS) is 15.9. The fourth-order valence-electron chi connectivity index (χ4n) is 2.21. The van der Waals surface area contributed by atoms with E-state index in [2.05, 4.69) is 4.74 Å². The molecule has 7 nitrogen and oxygen atoms in total. The maximum atomic E-state index is 12.0. The number of ether oxygens (including phenoxy) is 2. The lowest BCUT2D eigenvalue weighted by atomic mass is 10.4. The van der Waals surface area contributed by atoms with Crippen molar-refractivity contribution in [3.8, 4) is 0 Å². The molecule has 130 valence electrons. The Morgan fingerprint density at radius 3 is 2.75 bits per heavy atom. The second-order valence-electron chi connectivity index (χ2n) is 5.25. The predicted molar refractivity (Wildman–Crippen MR) is 89.3 cm³/mol. The van der Waals surface area contributed by atoms with Crippen LogP contribution in [-0.2, 0) is 26.1 Å². The van der Waals surface area contributed by atoms with E-state index in [1.165, 1.54) is 29.8 Å². The Balaban J connectivity index is 1.83. The van der Waals surface area contributed by atoms with Crippen LogP contribution in [-0.4, -0.2) is 53.3 Å². The zero-order valence-corrected chi connectivity index (χ0v) is 14.7. The van der Waals surface area contributed by atoms with Crippen molar-refractivity contribution in [2.24, 2.45) is 7.05 Å². The number of amides is 1. The number of methoxy groups -OCH3 is 1. The van der Waals surface area contributed by atoms with Gasteiger partial charge in [0.25, 0.3) is 0 Å². The number of aromatic nitrogens is 1. The maximum Gasteiger partial charge on any atom is 0.354 e. The molecule has 2 heterocycles. The number of nitrogens with zero attached hydrogens (tertiary/aromatic N) is 2. The molecule has 1 aliphatic heterocycles. The highest BCUT2D eigenvalue weighted by Crippen LogP contribution is 2.28. The fraction of sp³-hybridized carbons (Fsp3) is 0.438. The van der Waals surface area contributed by atoms with Crippen molar-refractivity contribution in [3.63, 3.8) is 0 Å². The van der Waals surface area contributed by atoms with Crippen LogP contribution in [0.2, 0.25) is 0 Å². The zero-order chi connectivity index (χ0) is 17.7. The minimum Gasteiger partial charge on any atom is -0.466 e. The van der Waals surface area contributed by atoms with Crippen molar-refractivity contribution in [2.45, 2.75) is 13.3 Å². The van der Waals surface area contributed by atoms with Gasteiger partial charge in [-0.1, -0.05) is 11.8 Å². The summed E-state index contributed by atoms with van der Waals surface area (Å²) in [5.74, 6) is -0.661. The van der Waals surface area contributed by atoms with Crippen molar-refractivity contribution in [3.05, 3.63) is 34.6 Å². The van der Waals surface area contributed by atoms with Gasteiger partial charge in [-0.05, 0) is 25.5 Å². The van der Waals surface area contributed by atoms with Gasteiger partial charge in [0, 0.05) is 19.3 Å². The van der Waals surface area contributed by atoms with Crippen LogP contribution < -0.4 is 0 Å². The van der Waals surface area contributed by atoms with Gasteiger partial charge >= 0.3 is 11.9 Å². The molecule has 0 aliphatic carbocycles. The SMILES string of the molecule is COC(=O)/C=C1/SCC(=O)N1CCCOC(=O)c1ccc(C)n1C. The molecule has 0 radical (unpaired) electrons. The summed E-state index contributed by atoms with van der Waals surface area (Å²) < 4.78 is 11.6. The predicted octanol–water partition coefficient (Wildman–Crippen LogP) is 1.47. The van der Waals surface area contributed by atoms with Crippen molar-refractivity contribution < 1.29 is 23.9 Å². The molecule has 0 bridgehead atoms. The number of thioether (sulfide) groups is 1. The zero-order valence-electron chi connectivity index (χ0n) is 13.9. The van der Waals surface area contributed by atoms with Crippen molar-refractivity contribution in [1.29, 1.82) is 0 Å². The third-order valence-corrected chi connectivity index (χ3v) is 4.72. The van der Waals surface area contributed by atoms with Crippen LogP contribution in [0.15, 0.2) is 23.2 Å². The standard InChI is InChI=1S/C16H20N2O5S/c1-11-5-6-12(17(11)2)16(21)23-8-4-7-18-13(19)10-24-14(18)9-15(20)22-3/h5-6,9H,4,7-8,10H2,1-3H3/b14-9+. The van der Waals surface area contributed by atoms with E-state index in [1.807, 2.05) is 13.0 Å². The Labute approximate surface area is 144 Å². The first-order chi connectivity index (χ1) is 11.4.